The number of amides is 1. The number of fused-ring (bicyclic) bond motifs is 1. The molecule has 5 heteroatoms. The van der Waals surface area contributed by atoms with E-state index < -0.39 is 12.1 Å². The van der Waals surface area contributed by atoms with Crippen molar-refractivity contribution in [2.45, 2.75) is 39.2 Å². The molecule has 0 fully saturated rings. The summed E-state index contributed by atoms with van der Waals surface area (Å²) in [5, 5.41) is 3.28. The maximum Gasteiger partial charge on any atom is 0.338 e. The molecular formula is C20H20ClNO3. The van der Waals surface area contributed by atoms with Crippen LogP contribution in [0, 0.1) is 6.92 Å². The van der Waals surface area contributed by atoms with Crippen LogP contribution in [0.2, 0.25) is 5.02 Å². The number of carbonyl (C=O) groups excluding carboxylic acids is 2. The van der Waals surface area contributed by atoms with Crippen molar-refractivity contribution < 1.29 is 14.3 Å². The minimum Gasteiger partial charge on any atom is -0.449 e. The van der Waals surface area contributed by atoms with Gasteiger partial charge in [-0.05, 0) is 74.1 Å². The number of ether oxygens (including phenoxy) is 1. The Morgan fingerprint density at radius 1 is 1.12 bits per heavy atom. The standard InChI is InChI=1S/C20H20ClNO3/c1-12-6-9-17(21)11-18(12)22-19(23)13(2)25-20(24)16-8-7-14-4-3-5-15(14)10-16/h6-11,13H,3-5H2,1-2H3,(H,22,23). The van der Waals surface area contributed by atoms with E-state index in [2.05, 4.69) is 5.32 Å². The lowest BCUT2D eigenvalue weighted by Gasteiger charge is -2.15. The Morgan fingerprint density at radius 3 is 2.68 bits per heavy atom. The highest BCUT2D eigenvalue weighted by atomic mass is 35.5. The van der Waals surface area contributed by atoms with E-state index in [9.17, 15) is 9.59 Å². The number of hydrogen-bond donors (Lipinski definition) is 1. The van der Waals surface area contributed by atoms with Crippen molar-refractivity contribution in [3.8, 4) is 0 Å². The van der Waals surface area contributed by atoms with Crippen LogP contribution in [0.15, 0.2) is 36.4 Å². The number of carbonyl (C=O) groups is 2. The highest BCUT2D eigenvalue weighted by Crippen LogP contribution is 2.24. The van der Waals surface area contributed by atoms with Gasteiger partial charge in [-0.15, -0.1) is 0 Å². The smallest absolute Gasteiger partial charge is 0.338 e. The molecule has 0 heterocycles. The highest BCUT2D eigenvalue weighted by molar-refractivity contribution is 6.31. The monoisotopic (exact) mass is 357 g/mol. The first kappa shape index (κ1) is 17.5. The molecule has 25 heavy (non-hydrogen) atoms. The first-order valence-corrected chi connectivity index (χ1v) is 8.71. The van der Waals surface area contributed by atoms with Crippen molar-refractivity contribution in [3.05, 3.63) is 63.7 Å². The maximum atomic E-state index is 12.3. The molecule has 0 saturated heterocycles. The van der Waals surface area contributed by atoms with Crippen molar-refractivity contribution in [1.82, 2.24) is 0 Å². The molecule has 1 N–H and O–H groups in total. The molecule has 2 aromatic rings. The van der Waals surface area contributed by atoms with Gasteiger partial charge in [0.15, 0.2) is 6.10 Å². The van der Waals surface area contributed by atoms with Gasteiger partial charge < -0.3 is 10.1 Å². The summed E-state index contributed by atoms with van der Waals surface area (Å²) in [5.41, 5.74) is 4.46. The molecular weight excluding hydrogens is 338 g/mol. The van der Waals surface area contributed by atoms with E-state index >= 15 is 0 Å². The van der Waals surface area contributed by atoms with Gasteiger partial charge in [0, 0.05) is 10.7 Å². The number of aryl methyl sites for hydroxylation is 3. The van der Waals surface area contributed by atoms with Crippen LogP contribution in [0.25, 0.3) is 0 Å². The Hall–Kier alpha value is -2.33. The summed E-state index contributed by atoms with van der Waals surface area (Å²) >= 11 is 5.95. The van der Waals surface area contributed by atoms with E-state index in [1.54, 1.807) is 25.1 Å². The first-order chi connectivity index (χ1) is 11.9. The summed E-state index contributed by atoms with van der Waals surface area (Å²) in [7, 11) is 0. The molecule has 2 aromatic carbocycles. The number of rotatable bonds is 4. The van der Waals surface area contributed by atoms with Crippen LogP contribution in [0.4, 0.5) is 5.69 Å². The lowest BCUT2D eigenvalue weighted by molar-refractivity contribution is -0.123. The number of nitrogens with one attached hydrogen (secondary N) is 1. The SMILES string of the molecule is Cc1ccc(Cl)cc1NC(=O)C(C)OC(=O)c1ccc2c(c1)CCC2. The first-order valence-electron chi connectivity index (χ1n) is 8.34. The topological polar surface area (TPSA) is 55.4 Å². The molecule has 3 rings (SSSR count). The van der Waals surface area contributed by atoms with Gasteiger partial charge in [-0.1, -0.05) is 23.7 Å². The predicted octanol–water partition coefficient (Wildman–Crippen LogP) is 4.32. The van der Waals surface area contributed by atoms with E-state index in [0.29, 0.717) is 16.3 Å². The van der Waals surface area contributed by atoms with Gasteiger partial charge in [0.2, 0.25) is 0 Å². The second-order valence-electron chi connectivity index (χ2n) is 6.33. The van der Waals surface area contributed by atoms with Gasteiger partial charge in [-0.2, -0.15) is 0 Å². The third-order valence-electron chi connectivity index (χ3n) is 4.44. The van der Waals surface area contributed by atoms with Crippen molar-refractivity contribution in [1.29, 1.82) is 0 Å². The van der Waals surface area contributed by atoms with E-state index in [1.807, 2.05) is 25.1 Å². The normalized spacial score (nSPS) is 13.9. The number of esters is 1. The quantitative estimate of drug-likeness (QED) is 0.829. The molecule has 0 aromatic heterocycles. The van der Waals surface area contributed by atoms with Crippen LogP contribution in [0.5, 0.6) is 0 Å². The Bertz CT molecular complexity index is 832. The number of hydrogen-bond acceptors (Lipinski definition) is 3. The number of benzene rings is 2. The van der Waals surface area contributed by atoms with Gasteiger partial charge in [0.05, 0.1) is 5.56 Å². The van der Waals surface area contributed by atoms with Crippen LogP contribution in [0.3, 0.4) is 0 Å². The number of halogens is 1. The van der Waals surface area contributed by atoms with Crippen molar-refractivity contribution in [3.63, 3.8) is 0 Å². The van der Waals surface area contributed by atoms with Crippen LogP contribution < -0.4 is 5.32 Å². The van der Waals surface area contributed by atoms with Gasteiger partial charge in [-0.3, -0.25) is 4.79 Å². The van der Waals surface area contributed by atoms with Crippen LogP contribution >= 0.6 is 11.6 Å². The van der Waals surface area contributed by atoms with Gasteiger partial charge >= 0.3 is 5.97 Å². The minimum absolute atomic E-state index is 0.389. The molecule has 0 aliphatic heterocycles. The van der Waals surface area contributed by atoms with Gasteiger partial charge in [-0.25, -0.2) is 4.79 Å². The summed E-state index contributed by atoms with van der Waals surface area (Å²) in [5.74, 6) is -0.875. The average molecular weight is 358 g/mol. The van der Waals surface area contributed by atoms with Crippen molar-refractivity contribution >= 4 is 29.2 Å². The summed E-state index contributed by atoms with van der Waals surface area (Å²) in [4.78, 5) is 24.6. The molecule has 0 radical (unpaired) electrons. The Kier molecular flexibility index (Phi) is 5.09. The molecule has 0 bridgehead atoms. The van der Waals surface area contributed by atoms with Crippen LogP contribution in [0.1, 0.15) is 40.4 Å². The molecule has 1 aliphatic carbocycles. The van der Waals surface area contributed by atoms with E-state index in [0.717, 1.165) is 24.8 Å². The zero-order valence-electron chi connectivity index (χ0n) is 14.3. The van der Waals surface area contributed by atoms with E-state index in [-0.39, 0.29) is 5.91 Å². The van der Waals surface area contributed by atoms with E-state index in [4.69, 9.17) is 16.3 Å². The van der Waals surface area contributed by atoms with E-state index in [1.165, 1.54) is 11.1 Å². The second-order valence-corrected chi connectivity index (χ2v) is 6.77. The fraction of sp³-hybridized carbons (Fsp3) is 0.300. The minimum atomic E-state index is -0.904. The Balaban J connectivity index is 1.64. The molecule has 1 atom stereocenters. The summed E-state index contributed by atoms with van der Waals surface area (Å²) in [6.07, 6.45) is 2.26. The fourth-order valence-electron chi connectivity index (χ4n) is 2.94. The molecule has 1 aliphatic rings. The largest absolute Gasteiger partial charge is 0.449 e. The fourth-order valence-corrected chi connectivity index (χ4v) is 3.12. The van der Waals surface area contributed by atoms with Gasteiger partial charge in [0.25, 0.3) is 5.91 Å². The maximum absolute atomic E-state index is 12.3. The molecule has 1 amide bonds. The van der Waals surface area contributed by atoms with Crippen molar-refractivity contribution in [2.24, 2.45) is 0 Å². The highest BCUT2D eigenvalue weighted by Gasteiger charge is 2.21. The van der Waals surface area contributed by atoms with Crippen molar-refractivity contribution in [2.75, 3.05) is 5.32 Å². The number of anilines is 1. The molecule has 0 spiro atoms. The second kappa shape index (κ2) is 7.28. The predicted molar refractivity (Wildman–Crippen MR) is 98.2 cm³/mol. The zero-order valence-corrected chi connectivity index (χ0v) is 15.0. The summed E-state index contributed by atoms with van der Waals surface area (Å²) < 4.78 is 5.32. The summed E-state index contributed by atoms with van der Waals surface area (Å²) in [6, 6.07) is 10.8. The third-order valence-corrected chi connectivity index (χ3v) is 4.68. The lowest BCUT2D eigenvalue weighted by Crippen LogP contribution is -2.30. The Labute approximate surface area is 152 Å². The zero-order chi connectivity index (χ0) is 18.0. The van der Waals surface area contributed by atoms with Crippen LogP contribution in [-0.2, 0) is 22.4 Å². The lowest BCUT2D eigenvalue weighted by atomic mass is 10.1. The van der Waals surface area contributed by atoms with Gasteiger partial charge in [0.1, 0.15) is 0 Å². The summed E-state index contributed by atoms with van der Waals surface area (Å²) in [6.45, 7) is 3.42. The molecule has 130 valence electrons. The molecule has 4 nitrogen and oxygen atoms in total. The molecule has 1 unspecified atom stereocenters. The van der Waals surface area contributed by atoms with Crippen LogP contribution in [-0.4, -0.2) is 18.0 Å². The average Bonchev–Trinajstić information content (AvgIpc) is 3.05. The third kappa shape index (κ3) is 4.02. The molecule has 0 saturated carbocycles. The Morgan fingerprint density at radius 2 is 1.88 bits per heavy atom.